The summed E-state index contributed by atoms with van der Waals surface area (Å²) >= 11 is 6.08. The summed E-state index contributed by atoms with van der Waals surface area (Å²) in [5.74, 6) is 0. The molecule has 0 aromatic heterocycles. The molecule has 0 heterocycles. The predicted octanol–water partition coefficient (Wildman–Crippen LogP) is 3.87. The number of nitrogens with one attached hydrogen (secondary N) is 1. The maximum Gasteiger partial charge on any atom is 0.0992 e. The molecular weight excluding hydrogens is 244 g/mol. The third kappa shape index (κ3) is 3.26. The van der Waals surface area contributed by atoms with Crippen molar-refractivity contribution in [3.05, 3.63) is 64.7 Å². The minimum absolute atomic E-state index is 0.577. The summed E-state index contributed by atoms with van der Waals surface area (Å²) in [6, 6.07) is 17.6. The fraction of sp³-hybridized carbons (Fsp3) is 0.133. The number of hydrogen-bond donors (Lipinski definition) is 1. The van der Waals surface area contributed by atoms with Crippen molar-refractivity contribution >= 4 is 17.3 Å². The monoisotopic (exact) mass is 256 g/mol. The van der Waals surface area contributed by atoms with Gasteiger partial charge in [0.05, 0.1) is 22.3 Å². The highest BCUT2D eigenvalue weighted by molar-refractivity contribution is 6.33. The van der Waals surface area contributed by atoms with Gasteiger partial charge in [0.1, 0.15) is 0 Å². The van der Waals surface area contributed by atoms with E-state index in [4.69, 9.17) is 16.9 Å². The normalized spacial score (nSPS) is 9.78. The second-order valence-corrected chi connectivity index (χ2v) is 4.38. The Morgan fingerprint density at radius 3 is 2.56 bits per heavy atom. The molecule has 0 bridgehead atoms. The van der Waals surface area contributed by atoms with Gasteiger partial charge in [0.15, 0.2) is 0 Å². The highest BCUT2D eigenvalue weighted by Gasteiger charge is 2.01. The Labute approximate surface area is 112 Å². The third-order valence-corrected chi connectivity index (χ3v) is 2.98. The lowest BCUT2D eigenvalue weighted by Gasteiger charge is -2.08. The molecule has 0 aliphatic carbocycles. The smallest absolute Gasteiger partial charge is 0.0992 e. The minimum atomic E-state index is 0.577. The lowest BCUT2D eigenvalue weighted by molar-refractivity contribution is 1.02. The van der Waals surface area contributed by atoms with Crippen LogP contribution < -0.4 is 5.32 Å². The van der Waals surface area contributed by atoms with Gasteiger partial charge in [-0.2, -0.15) is 5.26 Å². The Balaban J connectivity index is 1.93. The van der Waals surface area contributed by atoms with Gasteiger partial charge in [-0.3, -0.25) is 0 Å². The number of benzene rings is 2. The van der Waals surface area contributed by atoms with E-state index >= 15 is 0 Å². The Kier molecular flexibility index (Phi) is 4.22. The molecule has 0 spiro atoms. The van der Waals surface area contributed by atoms with Gasteiger partial charge in [-0.25, -0.2) is 0 Å². The second kappa shape index (κ2) is 6.09. The maximum atomic E-state index is 8.75. The Morgan fingerprint density at radius 2 is 1.89 bits per heavy atom. The van der Waals surface area contributed by atoms with Gasteiger partial charge >= 0.3 is 0 Å². The van der Waals surface area contributed by atoms with E-state index in [0.29, 0.717) is 10.6 Å². The van der Waals surface area contributed by atoms with Crippen LogP contribution >= 0.6 is 11.6 Å². The fourth-order valence-corrected chi connectivity index (χ4v) is 1.96. The zero-order valence-electron chi connectivity index (χ0n) is 9.86. The lowest BCUT2D eigenvalue weighted by Crippen LogP contribution is -2.05. The van der Waals surface area contributed by atoms with Crippen LogP contribution in [-0.4, -0.2) is 6.54 Å². The van der Waals surface area contributed by atoms with Crippen molar-refractivity contribution in [1.82, 2.24) is 0 Å². The van der Waals surface area contributed by atoms with Gasteiger partial charge in [0.2, 0.25) is 0 Å². The maximum absolute atomic E-state index is 8.75. The third-order valence-electron chi connectivity index (χ3n) is 2.67. The van der Waals surface area contributed by atoms with E-state index in [1.807, 2.05) is 24.3 Å². The molecule has 0 fully saturated rings. The summed E-state index contributed by atoms with van der Waals surface area (Å²) in [5, 5.41) is 12.6. The van der Waals surface area contributed by atoms with Gasteiger partial charge in [-0.05, 0) is 30.2 Å². The summed E-state index contributed by atoms with van der Waals surface area (Å²) in [5.41, 5.74) is 2.73. The van der Waals surface area contributed by atoms with Crippen LogP contribution in [0.3, 0.4) is 0 Å². The molecule has 18 heavy (non-hydrogen) atoms. The van der Waals surface area contributed by atoms with Gasteiger partial charge in [0, 0.05) is 6.54 Å². The fourth-order valence-electron chi connectivity index (χ4n) is 1.71. The first-order valence-electron chi connectivity index (χ1n) is 5.77. The van der Waals surface area contributed by atoms with E-state index in [1.165, 1.54) is 5.56 Å². The number of nitrogens with zero attached hydrogens (tertiary/aromatic N) is 1. The molecule has 0 radical (unpaired) electrons. The van der Waals surface area contributed by atoms with Gasteiger partial charge in [-0.1, -0.05) is 41.9 Å². The van der Waals surface area contributed by atoms with Crippen molar-refractivity contribution < 1.29 is 0 Å². The molecule has 2 rings (SSSR count). The van der Waals surface area contributed by atoms with E-state index in [2.05, 4.69) is 23.5 Å². The Morgan fingerprint density at radius 1 is 1.11 bits per heavy atom. The van der Waals surface area contributed by atoms with Crippen molar-refractivity contribution in [2.24, 2.45) is 0 Å². The Hall–Kier alpha value is -1.98. The average molecular weight is 257 g/mol. The van der Waals surface area contributed by atoms with E-state index in [-0.39, 0.29) is 0 Å². The van der Waals surface area contributed by atoms with Crippen LogP contribution in [0.5, 0.6) is 0 Å². The first kappa shape index (κ1) is 12.5. The molecule has 2 aromatic carbocycles. The molecule has 90 valence electrons. The zero-order chi connectivity index (χ0) is 12.8. The molecule has 0 saturated heterocycles. The summed E-state index contributed by atoms with van der Waals surface area (Å²) in [6.45, 7) is 0.815. The van der Waals surface area contributed by atoms with Gasteiger partial charge in [-0.15, -0.1) is 0 Å². The highest BCUT2D eigenvalue weighted by atomic mass is 35.5. The summed E-state index contributed by atoms with van der Waals surface area (Å²) < 4.78 is 0. The number of anilines is 1. The van der Waals surface area contributed by atoms with Crippen molar-refractivity contribution in [2.75, 3.05) is 11.9 Å². The Bertz CT molecular complexity index is 558. The van der Waals surface area contributed by atoms with E-state index in [1.54, 1.807) is 12.1 Å². The van der Waals surface area contributed by atoms with E-state index in [9.17, 15) is 0 Å². The van der Waals surface area contributed by atoms with Crippen LogP contribution in [0.1, 0.15) is 11.1 Å². The molecular formula is C15H13ClN2. The lowest BCUT2D eigenvalue weighted by atomic mass is 10.1. The molecule has 2 aromatic rings. The summed E-state index contributed by atoms with van der Waals surface area (Å²) in [7, 11) is 0. The van der Waals surface area contributed by atoms with Gasteiger partial charge < -0.3 is 5.32 Å². The number of halogens is 1. The summed E-state index contributed by atoms with van der Waals surface area (Å²) in [4.78, 5) is 0. The second-order valence-electron chi connectivity index (χ2n) is 3.97. The highest BCUT2D eigenvalue weighted by Crippen LogP contribution is 2.22. The van der Waals surface area contributed by atoms with Crippen LogP contribution in [0.4, 0.5) is 5.69 Å². The molecule has 0 saturated carbocycles. The first-order valence-corrected chi connectivity index (χ1v) is 6.15. The predicted molar refractivity (Wildman–Crippen MR) is 74.8 cm³/mol. The van der Waals surface area contributed by atoms with Crippen LogP contribution in [-0.2, 0) is 6.42 Å². The quantitative estimate of drug-likeness (QED) is 0.902. The molecule has 1 N–H and O–H groups in total. The van der Waals surface area contributed by atoms with Crippen molar-refractivity contribution in [1.29, 1.82) is 5.26 Å². The first-order chi connectivity index (χ1) is 8.79. The molecule has 0 unspecified atom stereocenters. The van der Waals surface area contributed by atoms with Crippen LogP contribution in [0.25, 0.3) is 0 Å². The van der Waals surface area contributed by atoms with E-state index < -0.39 is 0 Å². The van der Waals surface area contributed by atoms with Crippen LogP contribution in [0, 0.1) is 11.3 Å². The standard InChI is InChI=1S/C15H13ClN2/c16-14-10-13(11-17)6-7-15(14)18-9-8-12-4-2-1-3-5-12/h1-7,10,18H,8-9H2. The topological polar surface area (TPSA) is 35.8 Å². The molecule has 3 heteroatoms. The zero-order valence-corrected chi connectivity index (χ0v) is 10.6. The number of hydrogen-bond acceptors (Lipinski definition) is 2. The van der Waals surface area contributed by atoms with Crippen molar-refractivity contribution in [3.8, 4) is 6.07 Å². The molecule has 0 atom stereocenters. The van der Waals surface area contributed by atoms with Gasteiger partial charge in [0.25, 0.3) is 0 Å². The summed E-state index contributed by atoms with van der Waals surface area (Å²) in [6.07, 6.45) is 0.942. The average Bonchev–Trinajstić information content (AvgIpc) is 2.42. The number of rotatable bonds is 4. The van der Waals surface area contributed by atoms with Crippen LogP contribution in [0.15, 0.2) is 48.5 Å². The van der Waals surface area contributed by atoms with Crippen molar-refractivity contribution in [3.63, 3.8) is 0 Å². The molecule has 0 aliphatic heterocycles. The SMILES string of the molecule is N#Cc1ccc(NCCc2ccccc2)c(Cl)c1. The molecule has 2 nitrogen and oxygen atoms in total. The van der Waals surface area contributed by atoms with Crippen molar-refractivity contribution in [2.45, 2.75) is 6.42 Å². The van der Waals surface area contributed by atoms with Crippen LogP contribution in [0.2, 0.25) is 5.02 Å². The van der Waals surface area contributed by atoms with E-state index in [0.717, 1.165) is 18.7 Å². The largest absolute Gasteiger partial charge is 0.384 e. The minimum Gasteiger partial charge on any atom is -0.384 e. The molecule has 0 aliphatic rings. The number of nitriles is 1. The molecule has 0 amide bonds.